The van der Waals surface area contributed by atoms with Gasteiger partial charge in [0.05, 0.1) is 12.7 Å². The highest BCUT2D eigenvalue weighted by molar-refractivity contribution is 6.06. The van der Waals surface area contributed by atoms with Crippen LogP contribution in [0.2, 0.25) is 0 Å². The second-order valence-electron chi connectivity index (χ2n) is 6.54. The Morgan fingerprint density at radius 1 is 0.923 bits per heavy atom. The van der Waals surface area contributed by atoms with Crippen LogP contribution in [0.1, 0.15) is 52.8 Å². The fraction of sp³-hybridized carbons (Fsp3) is 0.333. The van der Waals surface area contributed by atoms with Gasteiger partial charge in [-0.3, -0.25) is 9.59 Å². The lowest BCUT2D eigenvalue weighted by molar-refractivity contribution is 0.0927. The third-order valence-electron chi connectivity index (χ3n) is 4.70. The average molecular weight is 352 g/mol. The molecule has 0 unspecified atom stereocenters. The molecule has 26 heavy (non-hydrogen) atoms. The molecule has 0 atom stereocenters. The molecule has 2 N–H and O–H groups in total. The molecule has 0 spiro atoms. The number of hydrogen-bond acceptors (Lipinski definition) is 3. The van der Waals surface area contributed by atoms with E-state index in [0.717, 1.165) is 12.8 Å². The molecule has 2 aromatic rings. The normalized spacial score (nSPS) is 14.5. The Bertz CT molecular complexity index is 765. The van der Waals surface area contributed by atoms with E-state index < -0.39 is 0 Å². The third kappa shape index (κ3) is 4.42. The van der Waals surface area contributed by atoms with Crippen molar-refractivity contribution in [2.45, 2.75) is 38.1 Å². The zero-order valence-corrected chi connectivity index (χ0v) is 15.0. The van der Waals surface area contributed by atoms with Crippen molar-refractivity contribution in [2.24, 2.45) is 0 Å². The monoisotopic (exact) mass is 352 g/mol. The molecule has 0 aliphatic heterocycles. The second-order valence-corrected chi connectivity index (χ2v) is 6.54. The Hall–Kier alpha value is -2.82. The number of hydrogen-bond donors (Lipinski definition) is 2. The number of para-hydroxylation sites is 1. The quantitative estimate of drug-likeness (QED) is 0.854. The van der Waals surface area contributed by atoms with Gasteiger partial charge in [0, 0.05) is 17.3 Å². The molecule has 5 heteroatoms. The minimum Gasteiger partial charge on any atom is -0.496 e. The maximum Gasteiger partial charge on any atom is 0.259 e. The SMILES string of the molecule is COc1ccccc1C(=O)Nc1ccc(C(=O)NC2CCCCC2)cc1. The molecule has 2 amide bonds. The van der Waals surface area contributed by atoms with Crippen LogP contribution in [0.4, 0.5) is 5.69 Å². The largest absolute Gasteiger partial charge is 0.496 e. The van der Waals surface area contributed by atoms with E-state index in [9.17, 15) is 9.59 Å². The van der Waals surface area contributed by atoms with Gasteiger partial charge in [-0.1, -0.05) is 31.4 Å². The van der Waals surface area contributed by atoms with Gasteiger partial charge in [0.1, 0.15) is 5.75 Å². The van der Waals surface area contributed by atoms with Gasteiger partial charge in [0.25, 0.3) is 11.8 Å². The molecule has 1 fully saturated rings. The maximum absolute atomic E-state index is 12.4. The zero-order valence-electron chi connectivity index (χ0n) is 15.0. The van der Waals surface area contributed by atoms with Gasteiger partial charge >= 0.3 is 0 Å². The average Bonchev–Trinajstić information content (AvgIpc) is 2.69. The van der Waals surface area contributed by atoms with Crippen molar-refractivity contribution in [3.8, 4) is 5.75 Å². The molecular formula is C21H24N2O3. The summed E-state index contributed by atoms with van der Waals surface area (Å²) in [4.78, 5) is 24.7. The molecule has 5 nitrogen and oxygen atoms in total. The number of ether oxygens (including phenoxy) is 1. The lowest BCUT2D eigenvalue weighted by Gasteiger charge is -2.22. The molecule has 0 aromatic heterocycles. The van der Waals surface area contributed by atoms with E-state index in [0.29, 0.717) is 22.6 Å². The van der Waals surface area contributed by atoms with Gasteiger partial charge in [-0.15, -0.1) is 0 Å². The van der Waals surface area contributed by atoms with Crippen molar-refractivity contribution in [1.82, 2.24) is 5.32 Å². The molecule has 136 valence electrons. The summed E-state index contributed by atoms with van der Waals surface area (Å²) in [6.07, 6.45) is 5.72. The number of nitrogens with one attached hydrogen (secondary N) is 2. The van der Waals surface area contributed by atoms with Gasteiger partial charge < -0.3 is 15.4 Å². The minimum atomic E-state index is -0.248. The Kier molecular flexibility index (Phi) is 5.89. The summed E-state index contributed by atoms with van der Waals surface area (Å²) in [5.41, 5.74) is 1.70. The van der Waals surface area contributed by atoms with Crippen LogP contribution >= 0.6 is 0 Å². The fourth-order valence-electron chi connectivity index (χ4n) is 3.25. The Morgan fingerprint density at radius 3 is 2.31 bits per heavy atom. The fourth-order valence-corrected chi connectivity index (χ4v) is 3.25. The molecule has 1 aliphatic rings. The molecular weight excluding hydrogens is 328 g/mol. The number of anilines is 1. The number of benzene rings is 2. The molecule has 1 aliphatic carbocycles. The van der Waals surface area contributed by atoms with Gasteiger partial charge in [-0.25, -0.2) is 0 Å². The summed E-state index contributed by atoms with van der Waals surface area (Å²) < 4.78 is 5.21. The topological polar surface area (TPSA) is 67.4 Å². The van der Waals surface area contributed by atoms with Crippen LogP contribution in [0.25, 0.3) is 0 Å². The van der Waals surface area contributed by atoms with Gasteiger partial charge in [-0.2, -0.15) is 0 Å². The van der Waals surface area contributed by atoms with E-state index >= 15 is 0 Å². The van der Waals surface area contributed by atoms with Gasteiger partial charge in [0.15, 0.2) is 0 Å². The summed E-state index contributed by atoms with van der Waals surface area (Å²) in [7, 11) is 1.53. The lowest BCUT2D eigenvalue weighted by Crippen LogP contribution is -2.36. The Morgan fingerprint density at radius 2 is 1.62 bits per heavy atom. The Labute approximate surface area is 153 Å². The number of carbonyl (C=O) groups is 2. The molecule has 0 saturated heterocycles. The number of amides is 2. The van der Waals surface area contributed by atoms with E-state index in [1.165, 1.54) is 26.4 Å². The smallest absolute Gasteiger partial charge is 0.259 e. The van der Waals surface area contributed by atoms with Crippen LogP contribution in [-0.2, 0) is 0 Å². The summed E-state index contributed by atoms with van der Waals surface area (Å²) in [5, 5.41) is 5.92. The predicted molar refractivity (Wildman–Crippen MR) is 102 cm³/mol. The standard InChI is InChI=1S/C21H24N2O3/c1-26-19-10-6-5-9-18(19)21(25)23-17-13-11-15(12-14-17)20(24)22-16-7-3-2-4-8-16/h5-6,9-14,16H,2-4,7-8H2,1H3,(H,22,24)(H,23,25). The number of rotatable bonds is 5. The van der Waals surface area contributed by atoms with Crippen LogP contribution in [-0.4, -0.2) is 25.0 Å². The number of methoxy groups -OCH3 is 1. The van der Waals surface area contributed by atoms with Crippen LogP contribution in [0.3, 0.4) is 0 Å². The highest BCUT2D eigenvalue weighted by Gasteiger charge is 2.17. The predicted octanol–water partition coefficient (Wildman–Crippen LogP) is 4.01. The highest BCUT2D eigenvalue weighted by Crippen LogP contribution is 2.20. The first-order chi connectivity index (χ1) is 12.7. The first kappa shape index (κ1) is 18.0. The van der Waals surface area contributed by atoms with Crippen molar-refractivity contribution >= 4 is 17.5 Å². The summed E-state index contributed by atoms with van der Waals surface area (Å²) in [5.74, 6) is 0.217. The van der Waals surface area contributed by atoms with Gasteiger partial charge in [-0.05, 0) is 49.2 Å². The maximum atomic E-state index is 12.4. The van der Waals surface area contributed by atoms with Crippen molar-refractivity contribution in [1.29, 1.82) is 0 Å². The molecule has 1 saturated carbocycles. The van der Waals surface area contributed by atoms with Crippen LogP contribution < -0.4 is 15.4 Å². The van der Waals surface area contributed by atoms with Crippen LogP contribution in [0, 0.1) is 0 Å². The Balaban J connectivity index is 1.62. The van der Waals surface area contributed by atoms with Crippen LogP contribution in [0.15, 0.2) is 48.5 Å². The van der Waals surface area contributed by atoms with E-state index in [4.69, 9.17) is 4.74 Å². The summed E-state index contributed by atoms with van der Waals surface area (Å²) >= 11 is 0. The molecule has 0 bridgehead atoms. The van der Waals surface area contributed by atoms with Gasteiger partial charge in [0.2, 0.25) is 0 Å². The van der Waals surface area contributed by atoms with E-state index in [-0.39, 0.29) is 17.9 Å². The molecule has 0 radical (unpaired) electrons. The van der Waals surface area contributed by atoms with E-state index in [1.807, 2.05) is 6.07 Å². The zero-order chi connectivity index (χ0) is 18.4. The molecule has 2 aromatic carbocycles. The first-order valence-electron chi connectivity index (χ1n) is 9.02. The van der Waals surface area contributed by atoms with Crippen molar-refractivity contribution in [3.63, 3.8) is 0 Å². The minimum absolute atomic E-state index is 0.0560. The van der Waals surface area contributed by atoms with E-state index in [2.05, 4.69) is 10.6 Å². The summed E-state index contributed by atoms with van der Waals surface area (Å²) in [6.45, 7) is 0. The summed E-state index contributed by atoms with van der Waals surface area (Å²) in [6, 6.07) is 14.3. The molecule has 3 rings (SSSR count). The highest BCUT2D eigenvalue weighted by atomic mass is 16.5. The first-order valence-corrected chi connectivity index (χ1v) is 9.02. The lowest BCUT2D eigenvalue weighted by atomic mass is 9.95. The van der Waals surface area contributed by atoms with Crippen molar-refractivity contribution in [3.05, 3.63) is 59.7 Å². The third-order valence-corrected chi connectivity index (χ3v) is 4.70. The molecule has 0 heterocycles. The van der Waals surface area contributed by atoms with Crippen LogP contribution in [0.5, 0.6) is 5.75 Å². The number of carbonyl (C=O) groups excluding carboxylic acids is 2. The second kappa shape index (κ2) is 8.52. The van der Waals surface area contributed by atoms with Crippen molar-refractivity contribution in [2.75, 3.05) is 12.4 Å². The van der Waals surface area contributed by atoms with Crippen molar-refractivity contribution < 1.29 is 14.3 Å². The van der Waals surface area contributed by atoms with E-state index in [1.54, 1.807) is 42.5 Å².